The standard InChI is InChI=1S/C7H10N2O2S/c1-4(2)9-3-5(6(10)11)8-7(9)12/h3-4H,1-2H3,(H,8,12)(H,10,11). The number of hydrogen-bond donors (Lipinski definition) is 2. The predicted molar refractivity (Wildman–Crippen MR) is 47.0 cm³/mol. The fourth-order valence-corrected chi connectivity index (χ4v) is 1.28. The molecule has 1 heterocycles. The van der Waals surface area contributed by atoms with Gasteiger partial charge in [-0.15, -0.1) is 0 Å². The number of H-pyrrole nitrogens is 1. The fraction of sp³-hybridized carbons (Fsp3) is 0.429. The molecule has 0 aliphatic rings. The summed E-state index contributed by atoms with van der Waals surface area (Å²) in [4.78, 5) is 13.1. The first kappa shape index (κ1) is 8.99. The molecule has 0 aromatic carbocycles. The molecule has 0 amide bonds. The molecular weight excluding hydrogens is 176 g/mol. The van der Waals surface area contributed by atoms with E-state index in [1.54, 1.807) is 4.57 Å². The molecule has 0 aliphatic heterocycles. The topological polar surface area (TPSA) is 58.0 Å². The molecule has 1 rings (SSSR count). The van der Waals surface area contributed by atoms with Crippen molar-refractivity contribution in [3.05, 3.63) is 16.7 Å². The van der Waals surface area contributed by atoms with Crippen molar-refractivity contribution in [3.8, 4) is 0 Å². The number of carboxylic acid groups (broad SMARTS) is 1. The Morgan fingerprint density at radius 3 is 2.58 bits per heavy atom. The predicted octanol–water partition coefficient (Wildman–Crippen LogP) is 1.82. The van der Waals surface area contributed by atoms with Gasteiger partial charge in [0.1, 0.15) is 5.69 Å². The molecule has 0 saturated carbocycles. The maximum absolute atomic E-state index is 10.5. The van der Waals surface area contributed by atoms with Gasteiger partial charge in [0.05, 0.1) is 0 Å². The number of aromatic carboxylic acids is 1. The van der Waals surface area contributed by atoms with Crippen LogP contribution in [0, 0.1) is 4.77 Å². The first-order valence-corrected chi connectivity index (χ1v) is 3.97. The van der Waals surface area contributed by atoms with Crippen molar-refractivity contribution < 1.29 is 9.90 Å². The van der Waals surface area contributed by atoms with Gasteiger partial charge in [0.2, 0.25) is 0 Å². The van der Waals surface area contributed by atoms with Crippen molar-refractivity contribution in [1.82, 2.24) is 9.55 Å². The number of nitrogens with zero attached hydrogens (tertiary/aromatic N) is 1. The molecular formula is C7H10N2O2S. The normalized spacial score (nSPS) is 10.6. The molecule has 0 radical (unpaired) electrons. The van der Waals surface area contributed by atoms with Gasteiger partial charge in [-0.05, 0) is 26.1 Å². The van der Waals surface area contributed by atoms with Gasteiger partial charge in [0.25, 0.3) is 0 Å². The van der Waals surface area contributed by atoms with Gasteiger partial charge in [-0.1, -0.05) is 0 Å². The van der Waals surface area contributed by atoms with Crippen LogP contribution in [-0.2, 0) is 0 Å². The first-order valence-electron chi connectivity index (χ1n) is 3.57. The highest BCUT2D eigenvalue weighted by atomic mass is 32.1. The summed E-state index contributed by atoms with van der Waals surface area (Å²) < 4.78 is 2.15. The third-order valence-corrected chi connectivity index (χ3v) is 1.84. The van der Waals surface area contributed by atoms with E-state index in [0.717, 1.165) is 0 Å². The molecule has 12 heavy (non-hydrogen) atoms. The molecule has 2 N–H and O–H groups in total. The largest absolute Gasteiger partial charge is 0.477 e. The van der Waals surface area contributed by atoms with E-state index in [9.17, 15) is 4.79 Å². The second kappa shape index (κ2) is 3.10. The summed E-state index contributed by atoms with van der Waals surface area (Å²) in [6.07, 6.45) is 1.51. The molecule has 0 unspecified atom stereocenters. The molecule has 0 saturated heterocycles. The van der Waals surface area contributed by atoms with Crippen LogP contribution in [0.1, 0.15) is 30.4 Å². The molecule has 0 aliphatic carbocycles. The summed E-state index contributed by atoms with van der Waals surface area (Å²) >= 11 is 4.91. The van der Waals surface area contributed by atoms with E-state index in [4.69, 9.17) is 17.3 Å². The molecule has 1 aromatic heterocycles. The van der Waals surface area contributed by atoms with Crippen molar-refractivity contribution >= 4 is 18.2 Å². The van der Waals surface area contributed by atoms with Gasteiger partial charge in [0, 0.05) is 12.2 Å². The number of carbonyl (C=O) groups is 1. The Morgan fingerprint density at radius 1 is 1.75 bits per heavy atom. The second-order valence-electron chi connectivity index (χ2n) is 2.78. The van der Waals surface area contributed by atoms with Crippen LogP contribution in [0.3, 0.4) is 0 Å². The van der Waals surface area contributed by atoms with Crippen LogP contribution in [0.15, 0.2) is 6.20 Å². The lowest BCUT2D eigenvalue weighted by atomic mass is 10.4. The van der Waals surface area contributed by atoms with Gasteiger partial charge in [0.15, 0.2) is 4.77 Å². The smallest absolute Gasteiger partial charge is 0.353 e. The molecule has 0 fully saturated rings. The van der Waals surface area contributed by atoms with Gasteiger partial charge in [-0.2, -0.15) is 0 Å². The number of rotatable bonds is 2. The highest BCUT2D eigenvalue weighted by Crippen LogP contribution is 2.07. The number of aromatic nitrogens is 2. The van der Waals surface area contributed by atoms with Crippen LogP contribution in [0.25, 0.3) is 0 Å². The van der Waals surface area contributed by atoms with E-state index >= 15 is 0 Å². The van der Waals surface area contributed by atoms with Gasteiger partial charge in [-0.3, -0.25) is 0 Å². The Balaban J connectivity index is 3.18. The second-order valence-corrected chi connectivity index (χ2v) is 3.17. The lowest BCUT2D eigenvalue weighted by Crippen LogP contribution is -1.99. The molecule has 5 heteroatoms. The minimum atomic E-state index is -0.986. The van der Waals surface area contributed by atoms with Crippen molar-refractivity contribution in [2.45, 2.75) is 19.9 Å². The van der Waals surface area contributed by atoms with Crippen LogP contribution in [0.2, 0.25) is 0 Å². The van der Waals surface area contributed by atoms with Gasteiger partial charge < -0.3 is 14.7 Å². The molecule has 0 bridgehead atoms. The zero-order chi connectivity index (χ0) is 9.30. The Kier molecular flexibility index (Phi) is 2.32. The van der Waals surface area contributed by atoms with Crippen molar-refractivity contribution in [2.75, 3.05) is 0 Å². The Labute approximate surface area is 74.8 Å². The Hall–Kier alpha value is -1.10. The lowest BCUT2D eigenvalue weighted by molar-refractivity contribution is 0.0691. The molecule has 1 aromatic rings. The third kappa shape index (κ3) is 1.55. The van der Waals surface area contributed by atoms with Crippen LogP contribution in [0.5, 0.6) is 0 Å². The SMILES string of the molecule is CC(C)n1cc(C(=O)O)[nH]c1=S. The summed E-state index contributed by atoms with van der Waals surface area (Å²) in [7, 11) is 0. The maximum Gasteiger partial charge on any atom is 0.353 e. The van der Waals surface area contributed by atoms with E-state index in [-0.39, 0.29) is 11.7 Å². The zero-order valence-electron chi connectivity index (χ0n) is 6.87. The third-order valence-electron chi connectivity index (χ3n) is 1.53. The maximum atomic E-state index is 10.5. The van der Waals surface area contributed by atoms with Crippen LogP contribution < -0.4 is 0 Å². The summed E-state index contributed by atoms with van der Waals surface area (Å²) in [6, 6.07) is 0.182. The van der Waals surface area contributed by atoms with E-state index in [0.29, 0.717) is 4.77 Å². The average molecular weight is 186 g/mol. The number of nitrogens with one attached hydrogen (secondary N) is 1. The summed E-state index contributed by atoms with van der Waals surface area (Å²) in [5.41, 5.74) is 0.133. The fourth-order valence-electron chi connectivity index (χ4n) is 0.902. The molecule has 66 valence electrons. The zero-order valence-corrected chi connectivity index (χ0v) is 7.68. The van der Waals surface area contributed by atoms with E-state index in [1.807, 2.05) is 13.8 Å². The van der Waals surface area contributed by atoms with Crippen molar-refractivity contribution in [2.24, 2.45) is 0 Å². The number of carboxylic acids is 1. The summed E-state index contributed by atoms with van der Waals surface area (Å²) in [5, 5.41) is 8.61. The Bertz CT molecular complexity index is 351. The van der Waals surface area contributed by atoms with Gasteiger partial charge >= 0.3 is 5.97 Å². The van der Waals surface area contributed by atoms with Crippen LogP contribution in [0.4, 0.5) is 0 Å². The Morgan fingerprint density at radius 2 is 2.33 bits per heavy atom. The summed E-state index contributed by atoms with van der Waals surface area (Å²) in [6.45, 7) is 3.88. The number of imidazole rings is 1. The first-order chi connectivity index (χ1) is 5.52. The lowest BCUT2D eigenvalue weighted by Gasteiger charge is -2.03. The highest BCUT2D eigenvalue weighted by Gasteiger charge is 2.08. The highest BCUT2D eigenvalue weighted by molar-refractivity contribution is 7.71. The van der Waals surface area contributed by atoms with E-state index < -0.39 is 5.97 Å². The van der Waals surface area contributed by atoms with E-state index in [1.165, 1.54) is 6.20 Å². The quantitative estimate of drug-likeness (QED) is 0.693. The molecule has 0 spiro atoms. The molecule has 4 nitrogen and oxygen atoms in total. The van der Waals surface area contributed by atoms with Crippen LogP contribution >= 0.6 is 12.2 Å². The minimum absolute atomic E-state index is 0.133. The van der Waals surface area contributed by atoms with Crippen molar-refractivity contribution in [3.63, 3.8) is 0 Å². The minimum Gasteiger partial charge on any atom is -0.477 e. The average Bonchev–Trinajstić information content (AvgIpc) is 2.30. The van der Waals surface area contributed by atoms with Crippen LogP contribution in [-0.4, -0.2) is 20.6 Å². The molecule has 0 atom stereocenters. The van der Waals surface area contributed by atoms with Gasteiger partial charge in [-0.25, -0.2) is 4.79 Å². The summed E-state index contributed by atoms with van der Waals surface area (Å²) in [5.74, 6) is -0.986. The number of aromatic amines is 1. The monoisotopic (exact) mass is 186 g/mol. The van der Waals surface area contributed by atoms with E-state index in [2.05, 4.69) is 4.98 Å². The van der Waals surface area contributed by atoms with Crippen molar-refractivity contribution in [1.29, 1.82) is 0 Å². The number of hydrogen-bond acceptors (Lipinski definition) is 2.